The molecule has 0 saturated heterocycles. The van der Waals surface area contributed by atoms with Gasteiger partial charge < -0.3 is 5.32 Å². The van der Waals surface area contributed by atoms with Crippen molar-refractivity contribution in [2.75, 3.05) is 5.32 Å². The third-order valence-corrected chi connectivity index (χ3v) is 6.56. The van der Waals surface area contributed by atoms with Crippen molar-refractivity contribution in [3.05, 3.63) is 48.6 Å². The van der Waals surface area contributed by atoms with E-state index in [1.807, 2.05) is 4.68 Å². The van der Waals surface area contributed by atoms with Crippen LogP contribution in [0.15, 0.2) is 53.5 Å². The van der Waals surface area contributed by atoms with E-state index in [0.717, 1.165) is 23.0 Å². The van der Waals surface area contributed by atoms with E-state index < -0.39 is 9.84 Å². The lowest BCUT2D eigenvalue weighted by molar-refractivity contribution is 0.311. The minimum atomic E-state index is -3.44. The molecule has 2 aromatic heterocycles. The molecule has 4 rings (SSSR count). The van der Waals surface area contributed by atoms with Crippen LogP contribution in [-0.4, -0.2) is 28.2 Å². The van der Waals surface area contributed by atoms with Crippen molar-refractivity contribution >= 4 is 32.5 Å². The highest BCUT2D eigenvalue weighted by atomic mass is 32.2. The van der Waals surface area contributed by atoms with Crippen LogP contribution in [0.25, 0.3) is 11.0 Å². The summed E-state index contributed by atoms with van der Waals surface area (Å²) < 4.78 is 25.6. The van der Waals surface area contributed by atoms with Gasteiger partial charge in [0, 0.05) is 23.8 Å². The molecule has 0 bridgehead atoms. The highest BCUT2D eigenvalue weighted by Crippen LogP contribution is 2.26. The van der Waals surface area contributed by atoms with Crippen LogP contribution in [0.3, 0.4) is 0 Å². The maximum absolute atomic E-state index is 11.8. The second-order valence-electron chi connectivity index (χ2n) is 7.16. The number of hydrogen-bond donors (Lipinski definition) is 1. The van der Waals surface area contributed by atoms with Crippen LogP contribution in [0, 0.1) is 5.92 Å². The van der Waals surface area contributed by atoms with E-state index in [0.29, 0.717) is 17.6 Å². The summed E-state index contributed by atoms with van der Waals surface area (Å²) in [5.74, 6) is 1.11. The molecule has 0 unspecified atom stereocenters. The van der Waals surface area contributed by atoms with E-state index in [4.69, 9.17) is 0 Å². The van der Waals surface area contributed by atoms with Gasteiger partial charge in [-0.3, -0.25) is 0 Å². The van der Waals surface area contributed by atoms with Crippen LogP contribution in [-0.2, 0) is 16.4 Å². The Kier molecular flexibility index (Phi) is 5.13. The smallest absolute Gasteiger partial charge is 0.229 e. The Morgan fingerprint density at radius 1 is 1.14 bits per heavy atom. The normalized spacial score (nSPS) is 15.6. The number of nitrogens with zero attached hydrogens (tertiary/aromatic N) is 4. The summed E-state index contributed by atoms with van der Waals surface area (Å²) in [4.78, 5) is 9.17. The molecule has 0 aliphatic heterocycles. The molecule has 7 nitrogen and oxygen atoms in total. The highest BCUT2D eigenvalue weighted by Gasteiger charge is 2.16. The molecule has 146 valence electrons. The Morgan fingerprint density at radius 3 is 2.61 bits per heavy atom. The molecular weight excluding hydrogens is 374 g/mol. The highest BCUT2D eigenvalue weighted by molar-refractivity contribution is 7.94. The molecular formula is C20H23N5O2S. The van der Waals surface area contributed by atoms with Crippen molar-refractivity contribution in [3.63, 3.8) is 0 Å². The lowest BCUT2D eigenvalue weighted by Crippen LogP contribution is -2.15. The average Bonchev–Trinajstić information content (AvgIpc) is 3.11. The van der Waals surface area contributed by atoms with Gasteiger partial charge in [0.05, 0.1) is 16.5 Å². The number of anilines is 2. The summed E-state index contributed by atoms with van der Waals surface area (Å²) in [5, 5.41) is 9.48. The van der Waals surface area contributed by atoms with Crippen molar-refractivity contribution in [2.24, 2.45) is 5.92 Å². The average molecular weight is 398 g/mol. The van der Waals surface area contributed by atoms with Gasteiger partial charge in [0.15, 0.2) is 15.5 Å². The zero-order chi connectivity index (χ0) is 19.6. The number of rotatable bonds is 6. The van der Waals surface area contributed by atoms with E-state index in [-0.39, 0.29) is 4.90 Å². The third kappa shape index (κ3) is 3.91. The zero-order valence-corrected chi connectivity index (χ0v) is 16.4. The minimum absolute atomic E-state index is 0.204. The maximum atomic E-state index is 11.8. The quantitative estimate of drug-likeness (QED) is 0.674. The second kappa shape index (κ2) is 7.71. The molecule has 1 saturated carbocycles. The van der Waals surface area contributed by atoms with Crippen LogP contribution < -0.4 is 5.32 Å². The number of sulfone groups is 1. The molecule has 1 aromatic carbocycles. The molecule has 3 aromatic rings. The van der Waals surface area contributed by atoms with Gasteiger partial charge in [0.2, 0.25) is 5.95 Å². The van der Waals surface area contributed by atoms with Gasteiger partial charge in [-0.05, 0) is 43.0 Å². The Labute approximate surface area is 164 Å². The van der Waals surface area contributed by atoms with E-state index in [9.17, 15) is 8.42 Å². The van der Waals surface area contributed by atoms with Crippen molar-refractivity contribution < 1.29 is 8.42 Å². The van der Waals surface area contributed by atoms with Crippen LogP contribution in [0.1, 0.15) is 32.1 Å². The van der Waals surface area contributed by atoms with Crippen molar-refractivity contribution in [1.29, 1.82) is 0 Å². The first-order valence-electron chi connectivity index (χ1n) is 9.48. The van der Waals surface area contributed by atoms with Crippen molar-refractivity contribution in [3.8, 4) is 0 Å². The molecule has 8 heteroatoms. The Hall–Kier alpha value is -2.74. The lowest BCUT2D eigenvalue weighted by atomic mass is 9.89. The fourth-order valence-corrected chi connectivity index (χ4v) is 4.34. The third-order valence-electron chi connectivity index (χ3n) is 5.19. The molecule has 1 aliphatic rings. The zero-order valence-electron chi connectivity index (χ0n) is 15.6. The molecule has 0 atom stereocenters. The van der Waals surface area contributed by atoms with Crippen LogP contribution >= 0.6 is 0 Å². The lowest BCUT2D eigenvalue weighted by Gasteiger charge is -2.21. The first-order valence-corrected chi connectivity index (χ1v) is 11.0. The van der Waals surface area contributed by atoms with E-state index in [1.165, 1.54) is 44.2 Å². The number of benzene rings is 1. The van der Waals surface area contributed by atoms with Gasteiger partial charge >= 0.3 is 0 Å². The topological polar surface area (TPSA) is 89.8 Å². The van der Waals surface area contributed by atoms with Gasteiger partial charge in [0.1, 0.15) is 0 Å². The largest absolute Gasteiger partial charge is 0.324 e. The summed E-state index contributed by atoms with van der Waals surface area (Å²) in [6.07, 6.45) is 9.98. The van der Waals surface area contributed by atoms with E-state index in [1.54, 1.807) is 24.5 Å². The molecule has 0 spiro atoms. The first kappa shape index (κ1) is 18.6. The summed E-state index contributed by atoms with van der Waals surface area (Å²) >= 11 is 0. The molecule has 1 N–H and O–H groups in total. The standard InChI is InChI=1S/C20H23N5O2S/c1-2-28(26,27)18-10-8-17(9-11-18)23-20-21-12-16-13-22-25(19(16)24-20)14-15-6-4-3-5-7-15/h2,8-13,15H,1,3-7,14H2,(H,21,23,24). The number of fused-ring (bicyclic) bond motifs is 1. The minimum Gasteiger partial charge on any atom is -0.324 e. The summed E-state index contributed by atoms with van der Waals surface area (Å²) in [6, 6.07) is 6.43. The number of nitrogens with one attached hydrogen (secondary N) is 1. The van der Waals surface area contributed by atoms with E-state index >= 15 is 0 Å². The maximum Gasteiger partial charge on any atom is 0.229 e. The predicted molar refractivity (Wildman–Crippen MR) is 109 cm³/mol. The first-order chi connectivity index (χ1) is 13.5. The Morgan fingerprint density at radius 2 is 1.89 bits per heavy atom. The van der Waals surface area contributed by atoms with Crippen LogP contribution in [0.2, 0.25) is 0 Å². The molecule has 0 amide bonds. The summed E-state index contributed by atoms with van der Waals surface area (Å²) in [6.45, 7) is 4.22. The SMILES string of the molecule is C=CS(=O)(=O)c1ccc(Nc2ncc3cnn(CC4CCCCC4)c3n2)cc1. The molecule has 1 fully saturated rings. The van der Waals surface area contributed by atoms with Crippen LogP contribution in [0.4, 0.5) is 11.6 Å². The van der Waals surface area contributed by atoms with Crippen molar-refractivity contribution in [1.82, 2.24) is 19.7 Å². The van der Waals surface area contributed by atoms with E-state index in [2.05, 4.69) is 27.0 Å². The monoisotopic (exact) mass is 397 g/mol. The predicted octanol–water partition coefficient (Wildman–Crippen LogP) is 4.07. The van der Waals surface area contributed by atoms with Gasteiger partial charge in [-0.2, -0.15) is 10.1 Å². The van der Waals surface area contributed by atoms with Crippen LogP contribution in [0.5, 0.6) is 0 Å². The second-order valence-corrected chi connectivity index (χ2v) is 9.06. The molecule has 28 heavy (non-hydrogen) atoms. The fraction of sp³-hybridized carbons (Fsp3) is 0.350. The Balaban J connectivity index is 1.54. The molecule has 1 aliphatic carbocycles. The summed E-state index contributed by atoms with van der Waals surface area (Å²) in [5.41, 5.74) is 1.52. The number of hydrogen-bond acceptors (Lipinski definition) is 6. The van der Waals surface area contributed by atoms with Gasteiger partial charge in [-0.1, -0.05) is 25.8 Å². The summed E-state index contributed by atoms with van der Waals surface area (Å²) in [7, 11) is -3.44. The van der Waals surface area contributed by atoms with Gasteiger partial charge in [-0.15, -0.1) is 0 Å². The molecule has 0 radical (unpaired) electrons. The Bertz CT molecular complexity index is 1080. The van der Waals surface area contributed by atoms with Gasteiger partial charge in [0.25, 0.3) is 0 Å². The van der Waals surface area contributed by atoms with Gasteiger partial charge in [-0.25, -0.2) is 18.1 Å². The fourth-order valence-electron chi connectivity index (χ4n) is 3.63. The van der Waals surface area contributed by atoms with Crippen molar-refractivity contribution in [2.45, 2.75) is 43.5 Å². The molecule has 2 heterocycles. The number of aromatic nitrogens is 4.